The first-order chi connectivity index (χ1) is 12.0. The summed E-state index contributed by atoms with van der Waals surface area (Å²) in [5, 5.41) is 14.3. The van der Waals surface area contributed by atoms with Gasteiger partial charge < -0.3 is 9.15 Å². The first kappa shape index (κ1) is 16.7. The Labute approximate surface area is 144 Å². The molecule has 0 aliphatic carbocycles. The van der Waals surface area contributed by atoms with Gasteiger partial charge in [0.1, 0.15) is 11.4 Å². The third-order valence-corrected chi connectivity index (χ3v) is 3.52. The molecular formula is C17H19N5O3. The summed E-state index contributed by atoms with van der Waals surface area (Å²) in [6, 6.07) is 9.39. The van der Waals surface area contributed by atoms with E-state index in [0.717, 1.165) is 0 Å². The van der Waals surface area contributed by atoms with E-state index in [1.165, 1.54) is 5.56 Å². The van der Waals surface area contributed by atoms with Gasteiger partial charge in [-0.05, 0) is 29.7 Å². The first-order valence-electron chi connectivity index (χ1n) is 7.87. The molecule has 0 saturated carbocycles. The Morgan fingerprint density at radius 1 is 1.24 bits per heavy atom. The molecule has 1 amide bonds. The summed E-state index contributed by atoms with van der Waals surface area (Å²) in [7, 11) is 1.79. The van der Waals surface area contributed by atoms with Crippen molar-refractivity contribution in [1.29, 1.82) is 0 Å². The lowest BCUT2D eigenvalue weighted by Crippen LogP contribution is -2.20. The van der Waals surface area contributed by atoms with Gasteiger partial charge in [-0.3, -0.25) is 14.8 Å². The SMILES string of the molecule is CC(C)c1ccc(OCC(=O)Nc2nnc(-c3ccn(C)n3)o2)cc1. The fraction of sp³-hybridized carbons (Fsp3) is 0.294. The number of carbonyl (C=O) groups is 1. The molecule has 2 aromatic heterocycles. The number of benzene rings is 1. The number of rotatable bonds is 6. The van der Waals surface area contributed by atoms with Crippen molar-refractivity contribution in [2.24, 2.45) is 7.05 Å². The second-order valence-electron chi connectivity index (χ2n) is 5.85. The molecule has 8 heteroatoms. The van der Waals surface area contributed by atoms with Crippen LogP contribution in [0.1, 0.15) is 25.3 Å². The molecular weight excluding hydrogens is 322 g/mol. The molecule has 3 rings (SSSR count). The maximum absolute atomic E-state index is 11.9. The van der Waals surface area contributed by atoms with E-state index in [4.69, 9.17) is 9.15 Å². The zero-order valence-corrected chi connectivity index (χ0v) is 14.3. The Morgan fingerprint density at radius 2 is 2.00 bits per heavy atom. The molecule has 0 bridgehead atoms. The summed E-state index contributed by atoms with van der Waals surface area (Å²) in [6.45, 7) is 4.09. The van der Waals surface area contributed by atoms with Gasteiger partial charge >= 0.3 is 6.01 Å². The average molecular weight is 341 g/mol. The molecule has 8 nitrogen and oxygen atoms in total. The highest BCUT2D eigenvalue weighted by Crippen LogP contribution is 2.19. The summed E-state index contributed by atoms with van der Waals surface area (Å²) < 4.78 is 12.4. The van der Waals surface area contributed by atoms with Crippen LogP contribution in [0.4, 0.5) is 6.01 Å². The zero-order valence-electron chi connectivity index (χ0n) is 14.3. The minimum atomic E-state index is -0.385. The van der Waals surface area contributed by atoms with Crippen LogP contribution in [0.2, 0.25) is 0 Å². The lowest BCUT2D eigenvalue weighted by Gasteiger charge is -2.08. The Bertz CT molecular complexity index is 851. The molecule has 0 aliphatic rings. The number of ether oxygens (including phenoxy) is 1. The lowest BCUT2D eigenvalue weighted by atomic mass is 10.0. The number of anilines is 1. The van der Waals surface area contributed by atoms with E-state index in [-0.39, 0.29) is 24.4 Å². The third kappa shape index (κ3) is 4.23. The van der Waals surface area contributed by atoms with Crippen molar-refractivity contribution < 1.29 is 13.9 Å². The molecule has 2 heterocycles. The Kier molecular flexibility index (Phi) is 4.78. The van der Waals surface area contributed by atoms with Crippen molar-refractivity contribution in [3.63, 3.8) is 0 Å². The number of nitrogens with zero attached hydrogens (tertiary/aromatic N) is 4. The maximum atomic E-state index is 11.9. The number of hydrogen-bond acceptors (Lipinski definition) is 6. The van der Waals surface area contributed by atoms with Crippen LogP contribution in [-0.2, 0) is 11.8 Å². The molecule has 0 spiro atoms. The minimum Gasteiger partial charge on any atom is -0.484 e. The molecule has 3 aromatic rings. The monoisotopic (exact) mass is 341 g/mol. The normalized spacial score (nSPS) is 10.9. The number of carbonyl (C=O) groups excluding carboxylic acids is 1. The summed E-state index contributed by atoms with van der Waals surface area (Å²) >= 11 is 0. The van der Waals surface area contributed by atoms with Crippen LogP contribution in [0.15, 0.2) is 40.9 Å². The lowest BCUT2D eigenvalue weighted by molar-refractivity contribution is -0.118. The summed E-state index contributed by atoms with van der Waals surface area (Å²) in [6.07, 6.45) is 1.76. The number of aryl methyl sites for hydroxylation is 1. The predicted octanol–water partition coefficient (Wildman–Crippen LogP) is 2.61. The number of aromatic nitrogens is 4. The van der Waals surface area contributed by atoms with E-state index >= 15 is 0 Å². The molecule has 0 aliphatic heterocycles. The number of amides is 1. The molecule has 0 saturated heterocycles. The second-order valence-corrected chi connectivity index (χ2v) is 5.85. The van der Waals surface area contributed by atoms with Gasteiger partial charge in [-0.2, -0.15) is 5.10 Å². The molecule has 25 heavy (non-hydrogen) atoms. The highest BCUT2D eigenvalue weighted by Gasteiger charge is 2.13. The van der Waals surface area contributed by atoms with E-state index in [2.05, 4.69) is 34.5 Å². The van der Waals surface area contributed by atoms with Crippen LogP contribution < -0.4 is 10.1 Å². The van der Waals surface area contributed by atoms with Crippen molar-refractivity contribution in [2.75, 3.05) is 11.9 Å². The predicted molar refractivity (Wildman–Crippen MR) is 91.2 cm³/mol. The summed E-state index contributed by atoms with van der Waals surface area (Å²) in [5.41, 5.74) is 1.75. The van der Waals surface area contributed by atoms with Gasteiger partial charge in [-0.15, -0.1) is 5.10 Å². The highest BCUT2D eigenvalue weighted by atomic mass is 16.5. The molecule has 0 atom stereocenters. The molecule has 0 unspecified atom stereocenters. The third-order valence-electron chi connectivity index (χ3n) is 3.52. The van der Waals surface area contributed by atoms with Crippen LogP contribution >= 0.6 is 0 Å². The maximum Gasteiger partial charge on any atom is 0.322 e. The van der Waals surface area contributed by atoms with E-state index < -0.39 is 0 Å². The number of hydrogen-bond donors (Lipinski definition) is 1. The molecule has 1 N–H and O–H groups in total. The highest BCUT2D eigenvalue weighted by molar-refractivity contribution is 5.89. The molecule has 0 fully saturated rings. The smallest absolute Gasteiger partial charge is 0.322 e. The van der Waals surface area contributed by atoms with Gasteiger partial charge in [0.2, 0.25) is 0 Å². The first-order valence-corrected chi connectivity index (χ1v) is 7.87. The second kappa shape index (κ2) is 7.16. The largest absolute Gasteiger partial charge is 0.484 e. The molecule has 130 valence electrons. The van der Waals surface area contributed by atoms with Crippen molar-refractivity contribution in [1.82, 2.24) is 20.0 Å². The topological polar surface area (TPSA) is 95.1 Å². The van der Waals surface area contributed by atoms with Crippen LogP contribution in [0.25, 0.3) is 11.6 Å². The van der Waals surface area contributed by atoms with Gasteiger partial charge in [0.25, 0.3) is 11.8 Å². The van der Waals surface area contributed by atoms with Crippen LogP contribution in [0.3, 0.4) is 0 Å². The Hall–Kier alpha value is -3.16. The van der Waals surface area contributed by atoms with Crippen molar-refractivity contribution in [2.45, 2.75) is 19.8 Å². The van der Waals surface area contributed by atoms with E-state index in [0.29, 0.717) is 17.4 Å². The fourth-order valence-electron chi connectivity index (χ4n) is 2.16. The zero-order chi connectivity index (χ0) is 17.8. The summed E-state index contributed by atoms with van der Waals surface area (Å²) in [5.74, 6) is 0.924. The van der Waals surface area contributed by atoms with E-state index in [1.807, 2.05) is 24.3 Å². The van der Waals surface area contributed by atoms with Crippen molar-refractivity contribution >= 4 is 11.9 Å². The van der Waals surface area contributed by atoms with Crippen LogP contribution in [-0.4, -0.2) is 32.5 Å². The van der Waals surface area contributed by atoms with Gasteiger partial charge in [0.15, 0.2) is 6.61 Å². The van der Waals surface area contributed by atoms with Gasteiger partial charge in [0.05, 0.1) is 0 Å². The fourth-order valence-corrected chi connectivity index (χ4v) is 2.16. The minimum absolute atomic E-state index is 0.00408. The average Bonchev–Trinajstić information content (AvgIpc) is 3.22. The molecule has 1 aromatic carbocycles. The number of nitrogens with one attached hydrogen (secondary N) is 1. The Balaban J connectivity index is 1.53. The van der Waals surface area contributed by atoms with Gasteiger partial charge in [-0.1, -0.05) is 31.1 Å². The van der Waals surface area contributed by atoms with Crippen LogP contribution in [0, 0.1) is 0 Å². The van der Waals surface area contributed by atoms with Crippen LogP contribution in [0.5, 0.6) is 5.75 Å². The van der Waals surface area contributed by atoms with Gasteiger partial charge in [0, 0.05) is 13.2 Å². The standard InChI is InChI=1S/C17H19N5O3/c1-11(2)12-4-6-13(7-5-12)24-10-15(23)18-17-20-19-16(25-17)14-8-9-22(3)21-14/h4-9,11H,10H2,1-3H3,(H,18,20,23). The quantitative estimate of drug-likeness (QED) is 0.740. The van der Waals surface area contributed by atoms with Crippen molar-refractivity contribution in [3.8, 4) is 17.3 Å². The molecule has 0 radical (unpaired) electrons. The van der Waals surface area contributed by atoms with Crippen molar-refractivity contribution in [3.05, 3.63) is 42.1 Å². The van der Waals surface area contributed by atoms with E-state index in [9.17, 15) is 4.79 Å². The van der Waals surface area contributed by atoms with Gasteiger partial charge in [-0.25, -0.2) is 0 Å². The Morgan fingerprint density at radius 3 is 2.64 bits per heavy atom. The summed E-state index contributed by atoms with van der Waals surface area (Å²) in [4.78, 5) is 11.9. The van der Waals surface area contributed by atoms with E-state index in [1.54, 1.807) is 24.0 Å².